The molecule has 1 aliphatic heterocycles. The van der Waals surface area contributed by atoms with Gasteiger partial charge in [0, 0.05) is 58.7 Å². The van der Waals surface area contributed by atoms with Gasteiger partial charge in [-0.1, -0.05) is 36.4 Å². The van der Waals surface area contributed by atoms with Gasteiger partial charge in [0.1, 0.15) is 16.5 Å². The molecule has 4 aromatic rings. The molecular formula is C34H43N7O5S. The first-order valence-corrected chi connectivity index (χ1v) is 17.4. The van der Waals surface area contributed by atoms with Crippen molar-refractivity contribution in [1.82, 2.24) is 34.5 Å². The van der Waals surface area contributed by atoms with E-state index >= 15 is 0 Å². The van der Waals surface area contributed by atoms with Crippen LogP contribution >= 0.6 is 0 Å². The van der Waals surface area contributed by atoms with Gasteiger partial charge in [-0.05, 0) is 73.2 Å². The Bertz CT molecular complexity index is 1890. The maximum atomic E-state index is 13.9. The summed E-state index contributed by atoms with van der Waals surface area (Å²) < 4.78 is 37.1. The number of fused-ring (bicyclic) bond motifs is 2. The lowest BCUT2D eigenvalue weighted by molar-refractivity contribution is -0.128. The molecule has 1 N–H and O–H groups in total. The predicted octanol–water partition coefficient (Wildman–Crippen LogP) is 3.94. The van der Waals surface area contributed by atoms with E-state index in [9.17, 15) is 18.0 Å². The molecule has 47 heavy (non-hydrogen) atoms. The van der Waals surface area contributed by atoms with Gasteiger partial charge >= 0.3 is 0 Å². The Morgan fingerprint density at radius 1 is 1.13 bits per heavy atom. The average molecular weight is 662 g/mol. The van der Waals surface area contributed by atoms with Gasteiger partial charge in [0.05, 0.1) is 12.1 Å². The highest BCUT2D eigenvalue weighted by Crippen LogP contribution is 2.36. The molecule has 0 aliphatic carbocycles. The molecular weight excluding hydrogens is 618 g/mol. The van der Waals surface area contributed by atoms with Crippen molar-refractivity contribution in [3.8, 4) is 5.88 Å². The number of benzene rings is 2. The molecule has 0 spiro atoms. The second-order valence-corrected chi connectivity index (χ2v) is 14.0. The lowest BCUT2D eigenvalue weighted by Crippen LogP contribution is -2.36. The van der Waals surface area contributed by atoms with Crippen molar-refractivity contribution in [3.63, 3.8) is 0 Å². The lowest BCUT2D eigenvalue weighted by Gasteiger charge is -2.25. The van der Waals surface area contributed by atoms with E-state index in [0.717, 1.165) is 38.9 Å². The van der Waals surface area contributed by atoms with Crippen LogP contribution in [0.1, 0.15) is 66.8 Å². The molecule has 250 valence electrons. The van der Waals surface area contributed by atoms with Gasteiger partial charge in [-0.15, -0.1) is 5.10 Å². The van der Waals surface area contributed by atoms with Gasteiger partial charge < -0.3 is 15.0 Å². The largest absolute Gasteiger partial charge is 0.472 e. The second kappa shape index (κ2) is 14.2. The van der Waals surface area contributed by atoms with E-state index in [2.05, 4.69) is 20.6 Å². The fourth-order valence-corrected chi connectivity index (χ4v) is 7.46. The minimum atomic E-state index is -3.90. The summed E-state index contributed by atoms with van der Waals surface area (Å²) in [7, 11) is -0.533. The maximum absolute atomic E-state index is 13.9. The molecule has 5 rings (SSSR count). The Balaban J connectivity index is 1.51. The van der Waals surface area contributed by atoms with Gasteiger partial charge in [-0.2, -0.15) is 4.31 Å². The van der Waals surface area contributed by atoms with Crippen molar-refractivity contribution >= 4 is 32.9 Å². The fraction of sp³-hybridized carbons (Fsp3) is 0.441. The number of rotatable bonds is 11. The number of ether oxygens (including phenoxy) is 1. The smallest absolute Gasteiger partial charge is 0.248 e. The molecule has 2 amide bonds. The summed E-state index contributed by atoms with van der Waals surface area (Å²) in [5, 5.41) is 11.6. The van der Waals surface area contributed by atoms with Gasteiger partial charge in [0.25, 0.3) is 0 Å². The molecule has 13 heteroatoms. The number of aromatic nitrogens is 4. The first-order valence-electron chi connectivity index (χ1n) is 15.9. The zero-order valence-corrected chi connectivity index (χ0v) is 28.7. The Labute approximate surface area is 276 Å². The van der Waals surface area contributed by atoms with E-state index in [1.54, 1.807) is 20.2 Å². The number of aryl methyl sites for hydroxylation is 3. The zero-order valence-electron chi connectivity index (χ0n) is 27.9. The quantitative estimate of drug-likeness (QED) is 0.255. The third-order valence-corrected chi connectivity index (χ3v) is 10.6. The monoisotopic (exact) mass is 661 g/mol. The number of nitrogens with one attached hydrogen (secondary N) is 1. The van der Waals surface area contributed by atoms with Crippen molar-refractivity contribution in [3.05, 3.63) is 76.5 Å². The van der Waals surface area contributed by atoms with Crippen LogP contribution in [0.25, 0.3) is 11.0 Å². The van der Waals surface area contributed by atoms with Crippen LogP contribution < -0.4 is 10.1 Å². The number of carbonyl (C=O) groups excluding carboxylic acids is 2. The van der Waals surface area contributed by atoms with E-state index in [-0.39, 0.29) is 67.1 Å². The van der Waals surface area contributed by atoms with Crippen LogP contribution in [0.15, 0.2) is 53.6 Å². The molecule has 12 nitrogen and oxygen atoms in total. The van der Waals surface area contributed by atoms with Crippen LogP contribution in [-0.2, 0) is 32.7 Å². The van der Waals surface area contributed by atoms with Crippen LogP contribution in [0.4, 0.5) is 0 Å². The minimum absolute atomic E-state index is 0.0520. The molecule has 2 atom stereocenters. The topological polar surface area (TPSA) is 140 Å². The number of sulfonamides is 1. The summed E-state index contributed by atoms with van der Waals surface area (Å²) in [6.45, 7) is 9.13. The molecule has 0 saturated heterocycles. The number of carbonyl (C=O) groups is 2. The van der Waals surface area contributed by atoms with Gasteiger partial charge in [0.2, 0.25) is 27.7 Å². The molecule has 2 aromatic carbocycles. The Kier molecular flexibility index (Phi) is 10.3. The number of hydrogen-bond acceptors (Lipinski definition) is 8. The summed E-state index contributed by atoms with van der Waals surface area (Å²) in [5.41, 5.74) is 6.16. The SMILES string of the molecule is CC[C@@H]1CN(Cc2cc([C@H](CC(=O)NCCC(=O)N(C)C)c3ccc4c(nnn4CC)c3C)ccc2C)S(=O)(=O)c2cccnc2O1. The molecule has 0 fully saturated rings. The number of hydrogen-bond donors (Lipinski definition) is 1. The molecule has 0 bridgehead atoms. The lowest BCUT2D eigenvalue weighted by atomic mass is 9.84. The summed E-state index contributed by atoms with van der Waals surface area (Å²) in [6, 6.07) is 13.1. The molecule has 1 aliphatic rings. The Hall–Kier alpha value is -4.36. The average Bonchev–Trinajstić information content (AvgIpc) is 3.44. The van der Waals surface area contributed by atoms with Crippen LogP contribution in [0.2, 0.25) is 0 Å². The summed E-state index contributed by atoms with van der Waals surface area (Å²) in [5.74, 6) is -0.505. The highest BCUT2D eigenvalue weighted by Gasteiger charge is 2.35. The van der Waals surface area contributed by atoms with Gasteiger partial charge in [0.15, 0.2) is 0 Å². The standard InChI is InChI=1S/C34H43N7O5S/c1-7-26-21-40(47(44,45)30-10-9-16-36-34(30)46-26)20-25-18-24(12-11-22(25)3)28(19-31(42)35-17-15-32(43)39(5)6)27-13-14-29-33(23(27)4)37-38-41(29)8-2/h9-14,16,18,26,28H,7-8,15,17,19-21H2,1-6H3,(H,35,42)/t26-,28+/m1/s1. The van der Waals surface area contributed by atoms with Crippen molar-refractivity contribution in [2.75, 3.05) is 27.2 Å². The molecule has 2 aromatic heterocycles. The highest BCUT2D eigenvalue weighted by atomic mass is 32.2. The molecule has 0 unspecified atom stereocenters. The predicted molar refractivity (Wildman–Crippen MR) is 178 cm³/mol. The minimum Gasteiger partial charge on any atom is -0.472 e. The van der Waals surface area contributed by atoms with Crippen molar-refractivity contribution in [1.29, 1.82) is 0 Å². The Morgan fingerprint density at radius 2 is 1.91 bits per heavy atom. The summed E-state index contributed by atoms with van der Waals surface area (Å²) in [6.07, 6.45) is 2.12. The third kappa shape index (κ3) is 7.15. The van der Waals surface area contributed by atoms with Crippen LogP contribution in [0.3, 0.4) is 0 Å². The van der Waals surface area contributed by atoms with Crippen LogP contribution in [0.5, 0.6) is 5.88 Å². The summed E-state index contributed by atoms with van der Waals surface area (Å²) in [4.78, 5) is 31.2. The molecule has 0 saturated carbocycles. The van der Waals surface area contributed by atoms with Crippen LogP contribution in [-0.4, -0.2) is 82.7 Å². The maximum Gasteiger partial charge on any atom is 0.248 e. The Morgan fingerprint density at radius 3 is 2.64 bits per heavy atom. The highest BCUT2D eigenvalue weighted by molar-refractivity contribution is 7.89. The fourth-order valence-electron chi connectivity index (χ4n) is 5.94. The van der Waals surface area contributed by atoms with Gasteiger partial charge in [-0.3, -0.25) is 9.59 Å². The van der Waals surface area contributed by atoms with Gasteiger partial charge in [-0.25, -0.2) is 18.1 Å². The summed E-state index contributed by atoms with van der Waals surface area (Å²) >= 11 is 0. The van der Waals surface area contributed by atoms with Crippen molar-refractivity contribution in [2.24, 2.45) is 0 Å². The number of nitrogens with zero attached hydrogens (tertiary/aromatic N) is 6. The number of amides is 2. The second-order valence-electron chi connectivity index (χ2n) is 12.1. The molecule has 0 radical (unpaired) electrons. The third-order valence-electron chi connectivity index (χ3n) is 8.82. The first kappa shape index (κ1) is 34.0. The first-order chi connectivity index (χ1) is 22.4. The van der Waals surface area contributed by atoms with E-state index in [1.165, 1.54) is 21.5 Å². The van der Waals surface area contributed by atoms with Crippen LogP contribution in [0, 0.1) is 13.8 Å². The van der Waals surface area contributed by atoms with Crippen molar-refractivity contribution in [2.45, 2.75) is 77.0 Å². The van der Waals surface area contributed by atoms with E-state index < -0.39 is 10.0 Å². The van der Waals surface area contributed by atoms with E-state index in [4.69, 9.17) is 4.74 Å². The number of pyridine rings is 1. The normalized spacial score (nSPS) is 16.6. The van der Waals surface area contributed by atoms with E-state index in [1.807, 2.05) is 62.7 Å². The van der Waals surface area contributed by atoms with E-state index in [0.29, 0.717) is 13.0 Å². The van der Waals surface area contributed by atoms with Crippen molar-refractivity contribution < 1.29 is 22.7 Å². The zero-order chi connectivity index (χ0) is 33.9. The molecule has 3 heterocycles.